The maximum Gasteiger partial charge on any atom is 0.320 e. The number of aliphatic carboxylic acids is 1. The minimum atomic E-state index is -0.993. The highest BCUT2D eigenvalue weighted by Gasteiger charge is 2.19. The second-order valence-electron chi connectivity index (χ2n) is 4.13. The van der Waals surface area contributed by atoms with E-state index in [0.29, 0.717) is 11.3 Å². The van der Waals surface area contributed by atoms with Gasteiger partial charge in [0.1, 0.15) is 12.1 Å². The number of likely N-dealkylation sites (N-methyl/N-ethyl adjacent to an activating group) is 1. The van der Waals surface area contributed by atoms with Crippen molar-refractivity contribution in [2.45, 2.75) is 13.0 Å². The van der Waals surface area contributed by atoms with Crippen LogP contribution in [-0.4, -0.2) is 41.5 Å². The van der Waals surface area contributed by atoms with E-state index >= 15 is 0 Å². The molecule has 1 amide bonds. The summed E-state index contributed by atoms with van der Waals surface area (Å²) in [6.45, 7) is 1.44. The number of benzene rings is 1. The van der Waals surface area contributed by atoms with Gasteiger partial charge in [-0.05, 0) is 26.1 Å². The number of para-hydroxylation sites is 1. The zero-order valence-corrected chi connectivity index (χ0v) is 10.8. The maximum absolute atomic E-state index is 11.8. The Morgan fingerprint density at radius 3 is 2.68 bits per heavy atom. The molecule has 0 aliphatic carbocycles. The molecule has 0 fully saturated rings. The third-order valence-electron chi connectivity index (χ3n) is 2.73. The van der Waals surface area contributed by atoms with Crippen molar-refractivity contribution in [3.8, 4) is 6.07 Å². The van der Waals surface area contributed by atoms with Crippen LogP contribution in [0.1, 0.15) is 12.5 Å². The van der Waals surface area contributed by atoms with Crippen LogP contribution in [0.2, 0.25) is 0 Å². The Labute approximate surface area is 111 Å². The van der Waals surface area contributed by atoms with Gasteiger partial charge in [0.05, 0.1) is 17.8 Å². The largest absolute Gasteiger partial charge is 0.480 e. The Balaban J connectivity index is 2.66. The van der Waals surface area contributed by atoms with E-state index in [2.05, 4.69) is 5.32 Å². The van der Waals surface area contributed by atoms with Crippen molar-refractivity contribution in [1.29, 1.82) is 5.26 Å². The number of anilines is 1. The molecule has 1 unspecified atom stereocenters. The molecule has 0 saturated carbocycles. The lowest BCUT2D eigenvalue weighted by atomic mass is 10.2. The van der Waals surface area contributed by atoms with Crippen molar-refractivity contribution in [1.82, 2.24) is 4.90 Å². The number of carboxylic acids is 1. The van der Waals surface area contributed by atoms with Gasteiger partial charge in [0.25, 0.3) is 0 Å². The quantitative estimate of drug-likeness (QED) is 0.821. The van der Waals surface area contributed by atoms with Gasteiger partial charge in [0.2, 0.25) is 5.91 Å². The molecule has 1 atom stereocenters. The van der Waals surface area contributed by atoms with E-state index < -0.39 is 12.0 Å². The number of nitrogens with zero attached hydrogens (tertiary/aromatic N) is 2. The van der Waals surface area contributed by atoms with Gasteiger partial charge < -0.3 is 10.4 Å². The molecule has 0 bridgehead atoms. The number of hydrogen-bond acceptors (Lipinski definition) is 4. The van der Waals surface area contributed by atoms with Crippen molar-refractivity contribution < 1.29 is 14.7 Å². The first-order valence-corrected chi connectivity index (χ1v) is 5.67. The van der Waals surface area contributed by atoms with Crippen molar-refractivity contribution in [2.75, 3.05) is 18.9 Å². The number of nitrogens with one attached hydrogen (secondary N) is 1. The van der Waals surface area contributed by atoms with Crippen LogP contribution in [-0.2, 0) is 9.59 Å². The number of nitriles is 1. The molecule has 1 aromatic rings. The zero-order chi connectivity index (χ0) is 14.4. The standard InChI is InChI=1S/C13H15N3O3/c1-9(13(18)19)16(2)8-12(17)15-11-6-4-3-5-10(11)7-14/h3-6,9H,8H2,1-2H3,(H,15,17)(H,18,19). The van der Waals surface area contributed by atoms with Crippen LogP contribution in [0.4, 0.5) is 5.69 Å². The van der Waals surface area contributed by atoms with E-state index in [1.165, 1.54) is 11.8 Å². The predicted molar refractivity (Wildman–Crippen MR) is 69.5 cm³/mol. The summed E-state index contributed by atoms with van der Waals surface area (Å²) < 4.78 is 0. The van der Waals surface area contributed by atoms with Gasteiger partial charge in [-0.2, -0.15) is 5.26 Å². The van der Waals surface area contributed by atoms with E-state index in [-0.39, 0.29) is 12.5 Å². The molecule has 1 aromatic carbocycles. The summed E-state index contributed by atoms with van der Waals surface area (Å²) in [6, 6.07) is 7.85. The molecule has 0 spiro atoms. The highest BCUT2D eigenvalue weighted by Crippen LogP contribution is 2.13. The molecule has 0 aliphatic rings. The maximum atomic E-state index is 11.8. The van der Waals surface area contributed by atoms with Crippen LogP contribution in [0.3, 0.4) is 0 Å². The smallest absolute Gasteiger partial charge is 0.320 e. The third kappa shape index (κ3) is 4.08. The van der Waals surface area contributed by atoms with E-state index in [9.17, 15) is 9.59 Å². The summed E-state index contributed by atoms with van der Waals surface area (Å²) >= 11 is 0. The molecule has 19 heavy (non-hydrogen) atoms. The van der Waals surface area contributed by atoms with Gasteiger partial charge in [0, 0.05) is 0 Å². The van der Waals surface area contributed by atoms with Crippen LogP contribution < -0.4 is 5.32 Å². The van der Waals surface area contributed by atoms with Crippen LogP contribution >= 0.6 is 0 Å². The molecule has 1 rings (SSSR count). The summed E-state index contributed by atoms with van der Waals surface area (Å²) in [4.78, 5) is 23.9. The fourth-order valence-corrected chi connectivity index (χ4v) is 1.43. The Morgan fingerprint density at radius 1 is 1.47 bits per heavy atom. The Hall–Kier alpha value is -2.39. The summed E-state index contributed by atoms with van der Waals surface area (Å²) in [7, 11) is 1.55. The lowest BCUT2D eigenvalue weighted by molar-refractivity contribution is -0.142. The summed E-state index contributed by atoms with van der Waals surface area (Å²) in [5, 5.41) is 20.3. The Bertz CT molecular complexity index is 522. The molecular weight excluding hydrogens is 246 g/mol. The molecule has 0 heterocycles. The van der Waals surface area contributed by atoms with E-state index in [1.54, 1.807) is 31.3 Å². The molecule has 0 radical (unpaired) electrons. The number of hydrogen-bond donors (Lipinski definition) is 2. The van der Waals surface area contributed by atoms with Gasteiger partial charge in [0.15, 0.2) is 0 Å². The van der Waals surface area contributed by atoms with Crippen molar-refractivity contribution in [3.63, 3.8) is 0 Å². The highest BCUT2D eigenvalue weighted by atomic mass is 16.4. The molecule has 0 saturated heterocycles. The van der Waals surface area contributed by atoms with E-state index in [4.69, 9.17) is 10.4 Å². The topological polar surface area (TPSA) is 93.4 Å². The second-order valence-corrected chi connectivity index (χ2v) is 4.13. The van der Waals surface area contributed by atoms with E-state index in [0.717, 1.165) is 0 Å². The number of amides is 1. The number of carboxylic acid groups (broad SMARTS) is 1. The first kappa shape index (κ1) is 14.7. The first-order valence-electron chi connectivity index (χ1n) is 5.67. The molecule has 6 heteroatoms. The molecular formula is C13H15N3O3. The Kier molecular flexibility index (Phi) is 5.03. The minimum Gasteiger partial charge on any atom is -0.480 e. The molecule has 100 valence electrons. The van der Waals surface area contributed by atoms with Crippen molar-refractivity contribution in [3.05, 3.63) is 29.8 Å². The molecule has 0 aliphatic heterocycles. The van der Waals surface area contributed by atoms with Crippen LogP contribution in [0.5, 0.6) is 0 Å². The number of rotatable bonds is 5. The molecule has 0 aromatic heterocycles. The first-order chi connectivity index (χ1) is 8.95. The van der Waals surface area contributed by atoms with Gasteiger partial charge in [-0.25, -0.2) is 0 Å². The zero-order valence-electron chi connectivity index (χ0n) is 10.8. The fraction of sp³-hybridized carbons (Fsp3) is 0.308. The van der Waals surface area contributed by atoms with Gasteiger partial charge >= 0.3 is 5.97 Å². The number of carbonyl (C=O) groups excluding carboxylic acids is 1. The minimum absolute atomic E-state index is 0.0623. The van der Waals surface area contributed by atoms with Gasteiger partial charge in [-0.1, -0.05) is 12.1 Å². The van der Waals surface area contributed by atoms with Gasteiger partial charge in [-0.15, -0.1) is 0 Å². The lowest BCUT2D eigenvalue weighted by Crippen LogP contribution is -2.40. The second kappa shape index (κ2) is 6.52. The highest BCUT2D eigenvalue weighted by molar-refractivity contribution is 5.93. The predicted octanol–water partition coefficient (Wildman–Crippen LogP) is 0.902. The normalized spacial score (nSPS) is 11.7. The average Bonchev–Trinajstić information content (AvgIpc) is 2.38. The SMILES string of the molecule is CC(C(=O)O)N(C)CC(=O)Nc1ccccc1C#N. The van der Waals surface area contributed by atoms with Crippen LogP contribution in [0.15, 0.2) is 24.3 Å². The third-order valence-corrected chi connectivity index (χ3v) is 2.73. The number of carbonyl (C=O) groups is 2. The monoisotopic (exact) mass is 261 g/mol. The molecule has 6 nitrogen and oxygen atoms in total. The Morgan fingerprint density at radius 2 is 2.11 bits per heavy atom. The van der Waals surface area contributed by atoms with Gasteiger partial charge in [-0.3, -0.25) is 14.5 Å². The average molecular weight is 261 g/mol. The van der Waals surface area contributed by atoms with Crippen LogP contribution in [0.25, 0.3) is 0 Å². The van der Waals surface area contributed by atoms with E-state index in [1.807, 2.05) is 6.07 Å². The summed E-state index contributed by atoms with van der Waals surface area (Å²) in [5.74, 6) is -1.36. The fourth-order valence-electron chi connectivity index (χ4n) is 1.43. The van der Waals surface area contributed by atoms with Crippen LogP contribution in [0, 0.1) is 11.3 Å². The molecule has 2 N–H and O–H groups in total. The van der Waals surface area contributed by atoms with Crippen molar-refractivity contribution >= 4 is 17.6 Å². The summed E-state index contributed by atoms with van der Waals surface area (Å²) in [5.41, 5.74) is 0.788. The van der Waals surface area contributed by atoms with Crippen molar-refractivity contribution in [2.24, 2.45) is 0 Å². The summed E-state index contributed by atoms with van der Waals surface area (Å²) in [6.07, 6.45) is 0. The lowest BCUT2D eigenvalue weighted by Gasteiger charge is -2.20.